The van der Waals surface area contributed by atoms with E-state index in [4.69, 9.17) is 21.1 Å². The molecule has 108 valence electrons. The van der Waals surface area contributed by atoms with E-state index in [1.54, 1.807) is 0 Å². The molecule has 0 atom stereocenters. The van der Waals surface area contributed by atoms with Gasteiger partial charge in [-0.05, 0) is 30.1 Å². The van der Waals surface area contributed by atoms with Crippen LogP contribution in [0.4, 0.5) is 4.79 Å². The summed E-state index contributed by atoms with van der Waals surface area (Å²) in [5, 5.41) is 0. The first-order valence-electron chi connectivity index (χ1n) is 6.52. The molecule has 0 radical (unpaired) electrons. The van der Waals surface area contributed by atoms with Crippen LogP contribution >= 0.6 is 11.6 Å². The fourth-order valence-corrected chi connectivity index (χ4v) is 1.44. The molecule has 0 aliphatic carbocycles. The molecule has 0 aliphatic rings. The Hall–Kier alpha value is -0.280. The number of halogens is 1. The Morgan fingerprint density at radius 3 is 1.94 bits per heavy atom. The maximum Gasteiger partial charge on any atom is 0.403 e. The van der Waals surface area contributed by atoms with E-state index in [9.17, 15) is 4.79 Å². The molecule has 0 aromatic heterocycles. The van der Waals surface area contributed by atoms with Gasteiger partial charge in [0.2, 0.25) is 0 Å². The summed E-state index contributed by atoms with van der Waals surface area (Å²) in [6, 6.07) is 0. The summed E-state index contributed by atoms with van der Waals surface area (Å²) in [5.41, 5.74) is -0.301. The second kappa shape index (κ2) is 8.00. The Labute approximate surface area is 116 Å². The van der Waals surface area contributed by atoms with E-state index in [1.807, 2.05) is 0 Å². The molecule has 0 aliphatic heterocycles. The molecular formula is C14H27ClO3. The van der Waals surface area contributed by atoms with Crippen LogP contribution in [0, 0.1) is 10.8 Å². The van der Waals surface area contributed by atoms with Crippen molar-refractivity contribution in [1.82, 2.24) is 0 Å². The van der Waals surface area contributed by atoms with Gasteiger partial charge in [0, 0.05) is 24.8 Å². The molecule has 0 N–H and O–H groups in total. The van der Waals surface area contributed by atoms with Gasteiger partial charge < -0.3 is 9.47 Å². The van der Waals surface area contributed by atoms with E-state index in [-0.39, 0.29) is 5.41 Å². The van der Waals surface area contributed by atoms with Crippen molar-refractivity contribution in [2.24, 2.45) is 10.8 Å². The minimum absolute atomic E-state index is 0.105. The van der Waals surface area contributed by atoms with Gasteiger partial charge in [-0.15, -0.1) is 0 Å². The Kier molecular flexibility index (Phi) is 7.88. The molecule has 0 aromatic carbocycles. The third-order valence-corrected chi connectivity index (χ3v) is 3.02. The van der Waals surface area contributed by atoms with Gasteiger partial charge in [-0.25, -0.2) is 4.79 Å². The van der Waals surface area contributed by atoms with Crippen molar-refractivity contribution in [1.29, 1.82) is 0 Å². The van der Waals surface area contributed by atoms with Crippen molar-refractivity contribution >= 4 is 17.0 Å². The smallest absolute Gasteiger partial charge is 0.403 e. The van der Waals surface area contributed by atoms with Crippen LogP contribution in [-0.4, -0.2) is 25.2 Å². The van der Waals surface area contributed by atoms with Gasteiger partial charge in [0.15, 0.2) is 0 Å². The fraction of sp³-hybridized carbons (Fsp3) is 0.929. The maximum atomic E-state index is 10.4. The van der Waals surface area contributed by atoms with Crippen molar-refractivity contribution in [2.75, 3.05) is 19.8 Å². The predicted molar refractivity (Wildman–Crippen MR) is 75.1 cm³/mol. The molecule has 0 aromatic rings. The molecule has 0 saturated carbocycles. The van der Waals surface area contributed by atoms with E-state index in [0.717, 1.165) is 32.5 Å². The zero-order chi connectivity index (χ0) is 14.2. The molecule has 0 rings (SSSR count). The predicted octanol–water partition coefficient (Wildman–Crippen LogP) is 4.62. The summed E-state index contributed by atoms with van der Waals surface area (Å²) in [5.74, 6) is 0. The average molecular weight is 279 g/mol. The molecule has 0 saturated heterocycles. The highest BCUT2D eigenvalue weighted by molar-refractivity contribution is 6.61. The third kappa shape index (κ3) is 12.2. The van der Waals surface area contributed by atoms with Gasteiger partial charge in [-0.3, -0.25) is 0 Å². The number of hydrogen-bond donors (Lipinski definition) is 0. The highest BCUT2D eigenvalue weighted by Crippen LogP contribution is 2.25. The second-order valence-corrected chi connectivity index (χ2v) is 6.98. The Morgan fingerprint density at radius 2 is 1.44 bits per heavy atom. The van der Waals surface area contributed by atoms with E-state index in [2.05, 4.69) is 34.6 Å². The van der Waals surface area contributed by atoms with Crippen molar-refractivity contribution < 1.29 is 14.3 Å². The first kappa shape index (κ1) is 17.7. The normalized spacial score (nSPS) is 12.6. The Morgan fingerprint density at radius 1 is 0.944 bits per heavy atom. The number of ether oxygens (including phenoxy) is 2. The molecule has 0 spiro atoms. The van der Waals surface area contributed by atoms with Crippen LogP contribution in [0.25, 0.3) is 0 Å². The van der Waals surface area contributed by atoms with Gasteiger partial charge in [0.05, 0.1) is 6.61 Å². The van der Waals surface area contributed by atoms with Gasteiger partial charge >= 0.3 is 5.43 Å². The van der Waals surface area contributed by atoms with Gasteiger partial charge in [0.1, 0.15) is 0 Å². The summed E-state index contributed by atoms with van der Waals surface area (Å²) in [6.45, 7) is 12.8. The number of carbonyl (C=O) groups is 1. The zero-order valence-corrected chi connectivity index (χ0v) is 13.1. The standard InChI is InChI=1S/C14H27ClO3/c1-13(2,3)6-9-17-10-7-14(4,5)8-11-18-12(15)16/h6-11H2,1-5H3. The largest absolute Gasteiger partial charge is 0.454 e. The van der Waals surface area contributed by atoms with E-state index < -0.39 is 5.43 Å². The summed E-state index contributed by atoms with van der Waals surface area (Å²) >= 11 is 5.11. The summed E-state index contributed by atoms with van der Waals surface area (Å²) in [7, 11) is 0. The monoisotopic (exact) mass is 278 g/mol. The molecule has 18 heavy (non-hydrogen) atoms. The molecular weight excluding hydrogens is 252 g/mol. The third-order valence-electron chi connectivity index (χ3n) is 2.91. The number of rotatable bonds is 8. The van der Waals surface area contributed by atoms with Crippen molar-refractivity contribution in [3.63, 3.8) is 0 Å². The number of hydrogen-bond acceptors (Lipinski definition) is 3. The zero-order valence-electron chi connectivity index (χ0n) is 12.3. The fourth-order valence-electron chi connectivity index (χ4n) is 1.36. The van der Waals surface area contributed by atoms with E-state index in [0.29, 0.717) is 12.0 Å². The topological polar surface area (TPSA) is 35.5 Å². The van der Waals surface area contributed by atoms with Crippen molar-refractivity contribution in [2.45, 2.75) is 53.9 Å². The summed E-state index contributed by atoms with van der Waals surface area (Å²) in [4.78, 5) is 10.4. The van der Waals surface area contributed by atoms with Crippen molar-refractivity contribution in [3.8, 4) is 0 Å². The number of carbonyl (C=O) groups excluding carboxylic acids is 1. The highest BCUT2D eigenvalue weighted by Gasteiger charge is 2.18. The van der Waals surface area contributed by atoms with Gasteiger partial charge in [-0.1, -0.05) is 34.6 Å². The van der Waals surface area contributed by atoms with Crippen LogP contribution in [0.15, 0.2) is 0 Å². The molecule has 3 nitrogen and oxygen atoms in total. The van der Waals surface area contributed by atoms with E-state index >= 15 is 0 Å². The molecule has 0 fully saturated rings. The molecule has 0 amide bonds. The average Bonchev–Trinajstić information content (AvgIpc) is 2.13. The van der Waals surface area contributed by atoms with Gasteiger partial charge in [0.25, 0.3) is 0 Å². The van der Waals surface area contributed by atoms with E-state index in [1.165, 1.54) is 0 Å². The van der Waals surface area contributed by atoms with Crippen LogP contribution in [0.3, 0.4) is 0 Å². The quantitative estimate of drug-likeness (QED) is 0.480. The SMILES string of the molecule is CC(C)(C)CCOCCC(C)(C)CCOC(=O)Cl. The van der Waals surface area contributed by atoms with Crippen LogP contribution in [-0.2, 0) is 9.47 Å². The first-order valence-corrected chi connectivity index (χ1v) is 6.90. The molecule has 0 bridgehead atoms. The molecule has 0 unspecified atom stereocenters. The lowest BCUT2D eigenvalue weighted by molar-refractivity contribution is 0.0758. The minimum atomic E-state index is -0.729. The molecule has 4 heteroatoms. The van der Waals surface area contributed by atoms with Crippen LogP contribution < -0.4 is 0 Å². The Balaban J connectivity index is 3.61. The highest BCUT2D eigenvalue weighted by atomic mass is 35.5. The first-order chi connectivity index (χ1) is 8.12. The minimum Gasteiger partial charge on any atom is -0.454 e. The molecule has 0 heterocycles. The summed E-state index contributed by atoms with van der Waals surface area (Å²) in [6.07, 6.45) is 2.82. The Bertz CT molecular complexity index is 244. The van der Waals surface area contributed by atoms with Crippen LogP contribution in [0.2, 0.25) is 0 Å². The lowest BCUT2D eigenvalue weighted by Crippen LogP contribution is -2.18. The lowest BCUT2D eigenvalue weighted by Gasteiger charge is -2.24. The lowest BCUT2D eigenvalue weighted by atomic mass is 9.86. The van der Waals surface area contributed by atoms with Gasteiger partial charge in [-0.2, -0.15) is 0 Å². The van der Waals surface area contributed by atoms with Crippen LogP contribution in [0.5, 0.6) is 0 Å². The summed E-state index contributed by atoms with van der Waals surface area (Å²) < 4.78 is 10.4. The van der Waals surface area contributed by atoms with Crippen LogP contribution in [0.1, 0.15) is 53.9 Å². The van der Waals surface area contributed by atoms with Crippen molar-refractivity contribution in [3.05, 3.63) is 0 Å². The second-order valence-electron chi connectivity index (χ2n) is 6.67. The maximum absolute atomic E-state index is 10.4.